The van der Waals surface area contributed by atoms with E-state index in [0.717, 1.165) is 5.56 Å². The van der Waals surface area contributed by atoms with E-state index < -0.39 is 11.2 Å². The molecule has 0 aliphatic rings. The highest BCUT2D eigenvalue weighted by Crippen LogP contribution is 2.24. The van der Waals surface area contributed by atoms with E-state index in [2.05, 4.69) is 10.4 Å². The summed E-state index contributed by atoms with van der Waals surface area (Å²) < 4.78 is 6.77. The molecule has 1 unspecified atom stereocenters. The molecule has 3 rings (SSSR count). The third kappa shape index (κ3) is 3.98. The van der Waals surface area contributed by atoms with Crippen molar-refractivity contribution in [2.75, 3.05) is 11.9 Å². The number of hydrogen-bond donors (Lipinski definition) is 2. The molecule has 0 saturated carbocycles. The Morgan fingerprint density at radius 3 is 2.65 bits per heavy atom. The fraction of sp³-hybridized carbons (Fsp3) is 0.263. The number of aliphatic hydroxyl groups is 1. The molecule has 2 N–H and O–H groups in total. The van der Waals surface area contributed by atoms with E-state index in [0.29, 0.717) is 23.8 Å². The van der Waals surface area contributed by atoms with Gasteiger partial charge < -0.3 is 14.8 Å². The van der Waals surface area contributed by atoms with Crippen LogP contribution in [0.3, 0.4) is 0 Å². The van der Waals surface area contributed by atoms with Crippen molar-refractivity contribution in [2.45, 2.75) is 26.0 Å². The second-order valence-corrected chi connectivity index (χ2v) is 6.74. The number of nitrogens with one attached hydrogen (secondary N) is 1. The fourth-order valence-corrected chi connectivity index (χ4v) is 2.75. The molecule has 0 spiro atoms. The van der Waals surface area contributed by atoms with Crippen LogP contribution in [0.5, 0.6) is 0 Å². The fourth-order valence-electron chi connectivity index (χ4n) is 2.54. The van der Waals surface area contributed by atoms with Crippen LogP contribution in [-0.4, -0.2) is 21.4 Å². The minimum atomic E-state index is -1.25. The average Bonchev–Trinajstić information content (AvgIpc) is 3.07. The Kier molecular flexibility index (Phi) is 5.15. The van der Waals surface area contributed by atoms with Gasteiger partial charge in [-0.1, -0.05) is 41.9 Å². The highest BCUT2D eigenvalue weighted by molar-refractivity contribution is 6.32. The Labute approximate surface area is 156 Å². The highest BCUT2D eigenvalue weighted by atomic mass is 35.5. The van der Waals surface area contributed by atoms with Crippen LogP contribution in [0.2, 0.25) is 5.02 Å². The van der Waals surface area contributed by atoms with Gasteiger partial charge in [0.25, 0.3) is 5.56 Å². The molecule has 0 aliphatic carbocycles. The van der Waals surface area contributed by atoms with Gasteiger partial charge in [0.1, 0.15) is 22.1 Å². The molecule has 0 fully saturated rings. The average molecular weight is 374 g/mol. The van der Waals surface area contributed by atoms with Crippen LogP contribution in [-0.2, 0) is 12.1 Å². The predicted molar refractivity (Wildman–Crippen MR) is 101 cm³/mol. The number of furan rings is 1. The van der Waals surface area contributed by atoms with Gasteiger partial charge in [0.05, 0.1) is 25.0 Å². The summed E-state index contributed by atoms with van der Waals surface area (Å²) in [6.07, 6.45) is 1.48. The number of aryl methyl sites for hydroxylation is 1. The van der Waals surface area contributed by atoms with Gasteiger partial charge in [-0.3, -0.25) is 4.79 Å². The first-order chi connectivity index (χ1) is 12.4. The van der Waals surface area contributed by atoms with E-state index in [-0.39, 0.29) is 11.6 Å². The molecule has 1 aromatic carbocycles. The van der Waals surface area contributed by atoms with Crippen LogP contribution in [0, 0.1) is 6.92 Å². The van der Waals surface area contributed by atoms with E-state index in [1.54, 1.807) is 26.0 Å². The van der Waals surface area contributed by atoms with Crippen molar-refractivity contribution in [3.05, 3.63) is 81.1 Å². The van der Waals surface area contributed by atoms with Gasteiger partial charge in [-0.2, -0.15) is 5.10 Å². The maximum Gasteiger partial charge on any atom is 0.287 e. The summed E-state index contributed by atoms with van der Waals surface area (Å²) in [5.74, 6) is 1.15. The first-order valence-corrected chi connectivity index (χ1v) is 8.57. The van der Waals surface area contributed by atoms with E-state index >= 15 is 0 Å². The number of anilines is 1. The quantitative estimate of drug-likeness (QED) is 0.693. The molecule has 0 amide bonds. The van der Waals surface area contributed by atoms with Crippen LogP contribution >= 0.6 is 11.6 Å². The zero-order chi connectivity index (χ0) is 18.7. The molecule has 136 valence electrons. The summed E-state index contributed by atoms with van der Waals surface area (Å²) in [5.41, 5.74) is -0.329. The minimum Gasteiger partial charge on any atom is -0.463 e. The monoisotopic (exact) mass is 373 g/mol. The number of nitrogens with zero attached hydrogens (tertiary/aromatic N) is 2. The Balaban J connectivity index is 1.75. The first kappa shape index (κ1) is 18.2. The molecule has 2 heterocycles. The molecule has 0 radical (unpaired) electrons. The Hall–Kier alpha value is -2.57. The van der Waals surface area contributed by atoms with Crippen molar-refractivity contribution in [2.24, 2.45) is 0 Å². The molecule has 0 aliphatic heterocycles. The van der Waals surface area contributed by atoms with Crippen molar-refractivity contribution in [3.8, 4) is 0 Å². The largest absolute Gasteiger partial charge is 0.463 e. The second kappa shape index (κ2) is 7.35. The van der Waals surface area contributed by atoms with Gasteiger partial charge in [-0.05, 0) is 31.5 Å². The zero-order valence-corrected chi connectivity index (χ0v) is 15.3. The molecule has 1 atom stereocenters. The lowest BCUT2D eigenvalue weighted by Gasteiger charge is -2.22. The number of rotatable bonds is 6. The molecule has 3 aromatic rings. The SMILES string of the molecule is Cc1ccc(C(C)(O)CNc2cnn(Cc3ccccc3)c(=O)c2Cl)o1. The number of halogens is 1. The second-order valence-electron chi connectivity index (χ2n) is 6.36. The zero-order valence-electron chi connectivity index (χ0n) is 14.6. The molecule has 26 heavy (non-hydrogen) atoms. The van der Waals surface area contributed by atoms with Crippen molar-refractivity contribution in [1.82, 2.24) is 9.78 Å². The predicted octanol–water partition coefficient (Wildman–Crippen LogP) is 3.17. The van der Waals surface area contributed by atoms with Gasteiger partial charge in [-0.25, -0.2) is 4.68 Å². The normalized spacial score (nSPS) is 13.4. The summed E-state index contributed by atoms with van der Waals surface area (Å²) in [6.45, 7) is 3.88. The number of aromatic nitrogens is 2. The lowest BCUT2D eigenvalue weighted by Crippen LogP contribution is -2.31. The van der Waals surface area contributed by atoms with Crippen LogP contribution in [0.4, 0.5) is 5.69 Å². The highest BCUT2D eigenvalue weighted by Gasteiger charge is 2.27. The number of benzene rings is 1. The lowest BCUT2D eigenvalue weighted by molar-refractivity contribution is 0.0468. The molecular weight excluding hydrogens is 354 g/mol. The van der Waals surface area contributed by atoms with Crippen LogP contribution in [0.15, 0.2) is 57.9 Å². The van der Waals surface area contributed by atoms with E-state index in [4.69, 9.17) is 16.0 Å². The van der Waals surface area contributed by atoms with Crippen molar-refractivity contribution in [1.29, 1.82) is 0 Å². The van der Waals surface area contributed by atoms with E-state index in [1.807, 2.05) is 30.3 Å². The molecule has 0 saturated heterocycles. The van der Waals surface area contributed by atoms with Gasteiger partial charge in [0.15, 0.2) is 0 Å². The van der Waals surface area contributed by atoms with E-state index in [1.165, 1.54) is 10.9 Å². The molecule has 7 heteroatoms. The minimum absolute atomic E-state index is 0.0300. The molecule has 6 nitrogen and oxygen atoms in total. The molecular formula is C19H20ClN3O3. The van der Waals surface area contributed by atoms with Gasteiger partial charge in [0.2, 0.25) is 0 Å². The summed E-state index contributed by atoms with van der Waals surface area (Å²) in [6, 6.07) is 13.0. The third-order valence-corrected chi connectivity index (χ3v) is 4.42. The van der Waals surface area contributed by atoms with Crippen LogP contribution in [0.25, 0.3) is 0 Å². The van der Waals surface area contributed by atoms with Crippen molar-refractivity contribution < 1.29 is 9.52 Å². The van der Waals surface area contributed by atoms with E-state index in [9.17, 15) is 9.90 Å². The topological polar surface area (TPSA) is 80.3 Å². The molecule has 0 bridgehead atoms. The smallest absolute Gasteiger partial charge is 0.287 e. The van der Waals surface area contributed by atoms with Gasteiger partial charge in [-0.15, -0.1) is 0 Å². The van der Waals surface area contributed by atoms with Crippen molar-refractivity contribution >= 4 is 17.3 Å². The van der Waals surface area contributed by atoms with Crippen LogP contribution < -0.4 is 10.9 Å². The summed E-state index contributed by atoms with van der Waals surface area (Å²) >= 11 is 6.20. The summed E-state index contributed by atoms with van der Waals surface area (Å²) in [4.78, 5) is 12.4. The van der Waals surface area contributed by atoms with Crippen molar-refractivity contribution in [3.63, 3.8) is 0 Å². The maximum absolute atomic E-state index is 12.4. The Morgan fingerprint density at radius 2 is 2.00 bits per heavy atom. The number of hydrogen-bond acceptors (Lipinski definition) is 5. The Morgan fingerprint density at radius 1 is 1.27 bits per heavy atom. The molecule has 2 aromatic heterocycles. The summed E-state index contributed by atoms with van der Waals surface area (Å²) in [5, 5.41) is 17.7. The maximum atomic E-state index is 12.4. The van der Waals surface area contributed by atoms with Gasteiger partial charge >= 0.3 is 0 Å². The van der Waals surface area contributed by atoms with Crippen LogP contribution in [0.1, 0.15) is 24.0 Å². The standard InChI is InChI=1S/C19H20ClN3O3/c1-13-8-9-16(26-13)19(2,25)12-21-15-10-22-23(18(24)17(15)20)11-14-6-4-3-5-7-14/h3-10,21,25H,11-12H2,1-2H3. The van der Waals surface area contributed by atoms with Gasteiger partial charge in [0, 0.05) is 0 Å². The summed E-state index contributed by atoms with van der Waals surface area (Å²) in [7, 11) is 0. The Bertz CT molecular complexity index is 948. The lowest BCUT2D eigenvalue weighted by atomic mass is 10.0. The third-order valence-electron chi connectivity index (χ3n) is 4.05. The first-order valence-electron chi connectivity index (χ1n) is 8.19.